The number of aliphatic hydroxyl groups is 1. The first-order chi connectivity index (χ1) is 6.82. The zero-order valence-corrected chi connectivity index (χ0v) is 11.5. The Hall–Kier alpha value is -0.140. The van der Waals surface area contributed by atoms with Gasteiger partial charge in [0.2, 0.25) is 0 Å². The lowest BCUT2D eigenvalue weighted by atomic mass is 10.1. The maximum absolute atomic E-state index is 11.2. The van der Waals surface area contributed by atoms with Crippen molar-refractivity contribution in [3.63, 3.8) is 0 Å². The van der Waals surface area contributed by atoms with Crippen LogP contribution in [0.1, 0.15) is 17.2 Å². The molecule has 1 rings (SSSR count). The number of rotatable bonds is 3. The van der Waals surface area contributed by atoms with Crippen LogP contribution < -0.4 is 0 Å². The molecular formula is C10H13IO3S. The van der Waals surface area contributed by atoms with Gasteiger partial charge in [-0.25, -0.2) is 8.42 Å². The Morgan fingerprint density at radius 1 is 1.27 bits per heavy atom. The van der Waals surface area contributed by atoms with Gasteiger partial charge in [0, 0.05) is 6.26 Å². The van der Waals surface area contributed by atoms with Gasteiger partial charge in [-0.3, -0.25) is 0 Å². The summed E-state index contributed by atoms with van der Waals surface area (Å²) in [6, 6.07) is 7.20. The van der Waals surface area contributed by atoms with Crippen LogP contribution in [0.3, 0.4) is 0 Å². The highest BCUT2D eigenvalue weighted by Gasteiger charge is 2.26. The molecule has 0 unspecified atom stereocenters. The lowest BCUT2D eigenvalue weighted by molar-refractivity contribution is 0.197. The van der Waals surface area contributed by atoms with Crippen LogP contribution >= 0.6 is 22.6 Å². The van der Waals surface area contributed by atoms with Crippen molar-refractivity contribution in [2.45, 2.75) is 16.3 Å². The Bertz CT molecular complexity index is 424. The Morgan fingerprint density at radius 3 is 2.13 bits per heavy atom. The summed E-state index contributed by atoms with van der Waals surface area (Å²) in [6.45, 7) is 1.94. The van der Waals surface area contributed by atoms with Gasteiger partial charge in [0.15, 0.2) is 9.84 Å². The summed E-state index contributed by atoms with van der Waals surface area (Å²) in [5.74, 6) is 0. The molecular weight excluding hydrogens is 327 g/mol. The molecule has 0 amide bonds. The van der Waals surface area contributed by atoms with Gasteiger partial charge in [0.25, 0.3) is 0 Å². The van der Waals surface area contributed by atoms with Gasteiger partial charge >= 0.3 is 0 Å². The summed E-state index contributed by atoms with van der Waals surface area (Å²) in [4.78, 5) is 0. The van der Waals surface area contributed by atoms with Crippen LogP contribution in [0, 0.1) is 6.92 Å². The maximum atomic E-state index is 11.2. The second kappa shape index (κ2) is 4.80. The molecule has 0 aliphatic rings. The SMILES string of the molecule is Cc1ccc([C@@H](O)[C@@H](I)S(C)(=O)=O)cc1. The number of hydrogen-bond donors (Lipinski definition) is 1. The highest BCUT2D eigenvalue weighted by molar-refractivity contribution is 14.1. The zero-order valence-electron chi connectivity index (χ0n) is 8.51. The molecule has 0 spiro atoms. The van der Waals surface area contributed by atoms with Crippen molar-refractivity contribution in [1.29, 1.82) is 0 Å². The smallest absolute Gasteiger partial charge is 0.162 e. The van der Waals surface area contributed by atoms with E-state index in [-0.39, 0.29) is 0 Å². The van der Waals surface area contributed by atoms with Crippen molar-refractivity contribution in [3.8, 4) is 0 Å². The van der Waals surface area contributed by atoms with Crippen molar-refractivity contribution < 1.29 is 13.5 Å². The van der Waals surface area contributed by atoms with Gasteiger partial charge in [0.1, 0.15) is 9.36 Å². The molecule has 84 valence electrons. The second-order valence-electron chi connectivity index (χ2n) is 3.54. The average Bonchev–Trinajstić information content (AvgIpc) is 2.15. The fourth-order valence-electron chi connectivity index (χ4n) is 1.15. The van der Waals surface area contributed by atoms with Crippen LogP contribution in [0.25, 0.3) is 0 Å². The zero-order chi connectivity index (χ0) is 11.6. The number of alkyl halides is 1. The average molecular weight is 340 g/mol. The number of aryl methyl sites for hydroxylation is 1. The van der Waals surface area contributed by atoms with E-state index in [1.807, 2.05) is 19.1 Å². The summed E-state index contributed by atoms with van der Waals surface area (Å²) < 4.78 is 21.7. The molecule has 0 aromatic heterocycles. The van der Waals surface area contributed by atoms with Crippen molar-refractivity contribution in [2.75, 3.05) is 6.26 Å². The molecule has 0 fully saturated rings. The molecule has 0 heterocycles. The van der Waals surface area contributed by atoms with Crippen LogP contribution in [0.2, 0.25) is 0 Å². The van der Waals surface area contributed by atoms with E-state index in [4.69, 9.17) is 0 Å². The van der Waals surface area contributed by atoms with Crippen LogP contribution in [-0.2, 0) is 9.84 Å². The minimum atomic E-state index is -3.22. The predicted molar refractivity (Wildman–Crippen MR) is 68.8 cm³/mol. The molecule has 0 radical (unpaired) electrons. The first-order valence-electron chi connectivity index (χ1n) is 4.40. The summed E-state index contributed by atoms with van der Waals surface area (Å²) >= 11 is 1.75. The van der Waals surface area contributed by atoms with Crippen LogP contribution in [0.15, 0.2) is 24.3 Å². The lowest BCUT2D eigenvalue weighted by Gasteiger charge is -2.16. The number of benzene rings is 1. The van der Waals surface area contributed by atoms with Gasteiger partial charge in [-0.1, -0.05) is 52.4 Å². The van der Waals surface area contributed by atoms with E-state index < -0.39 is 19.2 Å². The highest BCUT2D eigenvalue weighted by Crippen LogP contribution is 2.26. The topological polar surface area (TPSA) is 54.4 Å². The monoisotopic (exact) mass is 340 g/mol. The fourth-order valence-corrected chi connectivity index (χ4v) is 2.19. The molecule has 1 aromatic rings. The van der Waals surface area contributed by atoms with E-state index in [2.05, 4.69) is 0 Å². The summed E-state index contributed by atoms with van der Waals surface area (Å²) in [7, 11) is -3.22. The maximum Gasteiger partial charge on any atom is 0.162 e. The van der Waals surface area contributed by atoms with Crippen LogP contribution in [0.4, 0.5) is 0 Å². The van der Waals surface area contributed by atoms with E-state index in [1.165, 1.54) is 0 Å². The summed E-state index contributed by atoms with van der Waals surface area (Å²) in [5.41, 5.74) is 1.71. The lowest BCUT2D eigenvalue weighted by Crippen LogP contribution is -2.21. The molecule has 0 saturated heterocycles. The molecule has 1 aromatic carbocycles. The van der Waals surface area contributed by atoms with Gasteiger partial charge in [-0.15, -0.1) is 0 Å². The standard InChI is InChI=1S/C10H13IO3S/c1-7-3-5-8(6-4-7)9(12)10(11)15(2,13)14/h3-6,9-10,12H,1-2H3/t9-,10+/m1/s1. The van der Waals surface area contributed by atoms with E-state index in [0.717, 1.165) is 11.8 Å². The Labute approximate surface area is 104 Å². The number of sulfone groups is 1. The number of hydrogen-bond acceptors (Lipinski definition) is 3. The van der Waals surface area contributed by atoms with Crippen molar-refractivity contribution in [3.05, 3.63) is 35.4 Å². The molecule has 5 heteroatoms. The highest BCUT2D eigenvalue weighted by atomic mass is 127. The molecule has 1 N–H and O–H groups in total. The summed E-state index contributed by atoms with van der Waals surface area (Å²) in [5, 5.41) is 9.83. The van der Waals surface area contributed by atoms with E-state index >= 15 is 0 Å². The molecule has 15 heavy (non-hydrogen) atoms. The predicted octanol–water partition coefficient (Wildman–Crippen LogP) is 1.83. The number of aliphatic hydroxyl groups excluding tert-OH is 1. The molecule has 0 bridgehead atoms. The Kier molecular flexibility index (Phi) is 4.13. The largest absolute Gasteiger partial charge is 0.386 e. The minimum absolute atomic E-state index is 0.630. The Balaban J connectivity index is 2.95. The fraction of sp³-hybridized carbons (Fsp3) is 0.400. The minimum Gasteiger partial charge on any atom is -0.386 e. The van der Waals surface area contributed by atoms with Gasteiger partial charge < -0.3 is 5.11 Å². The van der Waals surface area contributed by atoms with Gasteiger partial charge in [-0.2, -0.15) is 0 Å². The third kappa shape index (κ3) is 3.42. The molecule has 0 saturated carbocycles. The van der Waals surface area contributed by atoms with Crippen molar-refractivity contribution >= 4 is 32.4 Å². The molecule has 3 nitrogen and oxygen atoms in total. The Morgan fingerprint density at radius 2 is 1.73 bits per heavy atom. The van der Waals surface area contributed by atoms with E-state index in [9.17, 15) is 13.5 Å². The molecule has 0 aliphatic heterocycles. The molecule has 2 atom stereocenters. The van der Waals surface area contributed by atoms with E-state index in [1.54, 1.807) is 34.7 Å². The van der Waals surface area contributed by atoms with Crippen molar-refractivity contribution in [2.24, 2.45) is 0 Å². The second-order valence-corrected chi connectivity index (χ2v) is 7.89. The quantitative estimate of drug-likeness (QED) is 0.675. The first-order valence-corrected chi connectivity index (χ1v) is 7.60. The van der Waals surface area contributed by atoms with Gasteiger partial charge in [-0.05, 0) is 12.5 Å². The van der Waals surface area contributed by atoms with Gasteiger partial charge in [0.05, 0.1) is 0 Å². The normalized spacial score (nSPS) is 16.0. The van der Waals surface area contributed by atoms with Crippen molar-refractivity contribution in [1.82, 2.24) is 0 Å². The summed E-state index contributed by atoms with van der Waals surface area (Å²) in [6.07, 6.45) is 0.155. The third-order valence-corrected chi connectivity index (χ3v) is 6.60. The van der Waals surface area contributed by atoms with E-state index in [0.29, 0.717) is 5.56 Å². The van der Waals surface area contributed by atoms with Crippen LogP contribution in [-0.4, -0.2) is 23.0 Å². The third-order valence-electron chi connectivity index (χ3n) is 2.08. The molecule has 0 aliphatic carbocycles. The first kappa shape index (κ1) is 12.9. The number of halogens is 1. The van der Waals surface area contributed by atoms with Crippen LogP contribution in [0.5, 0.6) is 0 Å².